The Morgan fingerprint density at radius 3 is 2.27 bits per heavy atom. The van der Waals surface area contributed by atoms with Gasteiger partial charge in [-0.15, -0.1) is 0 Å². The molecule has 1 aliphatic carbocycles. The number of likely N-dealkylation sites (tertiary alicyclic amines) is 1. The van der Waals surface area contributed by atoms with Crippen molar-refractivity contribution in [2.24, 2.45) is 5.92 Å². The van der Waals surface area contributed by atoms with Crippen LogP contribution in [0, 0.1) is 17.2 Å². The van der Waals surface area contributed by atoms with Crippen molar-refractivity contribution in [3.05, 3.63) is 0 Å². The van der Waals surface area contributed by atoms with Gasteiger partial charge in [0.15, 0.2) is 0 Å². The summed E-state index contributed by atoms with van der Waals surface area (Å²) in [6.07, 6.45) is 10.4. The number of rotatable bonds is 2. The highest BCUT2D eigenvalue weighted by molar-refractivity contribution is 4.84. The molecule has 2 nitrogen and oxygen atoms in total. The summed E-state index contributed by atoms with van der Waals surface area (Å²) in [5.41, 5.74) is 0. The van der Waals surface area contributed by atoms with Crippen molar-refractivity contribution in [3.63, 3.8) is 0 Å². The largest absolute Gasteiger partial charge is 0.300 e. The molecule has 84 valence electrons. The lowest BCUT2D eigenvalue weighted by Crippen LogP contribution is -2.42. The van der Waals surface area contributed by atoms with Gasteiger partial charge in [0.05, 0.1) is 6.07 Å². The summed E-state index contributed by atoms with van der Waals surface area (Å²) < 4.78 is 0. The van der Waals surface area contributed by atoms with Crippen LogP contribution in [-0.4, -0.2) is 24.0 Å². The van der Waals surface area contributed by atoms with Crippen LogP contribution < -0.4 is 0 Å². The maximum Gasteiger partial charge on any atom is 0.0624 e. The van der Waals surface area contributed by atoms with Gasteiger partial charge in [-0.25, -0.2) is 0 Å². The first-order valence-corrected chi connectivity index (χ1v) is 6.51. The van der Waals surface area contributed by atoms with Gasteiger partial charge in [0.2, 0.25) is 0 Å². The Bertz CT molecular complexity index is 217. The minimum Gasteiger partial charge on any atom is -0.300 e. The molecule has 0 aromatic heterocycles. The number of piperidine rings is 1. The summed E-state index contributed by atoms with van der Waals surface area (Å²) >= 11 is 0. The Hall–Kier alpha value is -0.550. The van der Waals surface area contributed by atoms with Crippen LogP contribution in [0.5, 0.6) is 0 Å². The zero-order chi connectivity index (χ0) is 10.5. The van der Waals surface area contributed by atoms with Crippen molar-refractivity contribution in [1.29, 1.82) is 5.26 Å². The molecule has 2 heteroatoms. The highest BCUT2D eigenvalue weighted by atomic mass is 15.2. The molecule has 15 heavy (non-hydrogen) atoms. The Morgan fingerprint density at radius 2 is 1.67 bits per heavy atom. The lowest BCUT2D eigenvalue weighted by Gasteiger charge is -2.38. The standard InChI is InChI=1S/C13H22N2/c14-9-6-12-7-10-15(11-8-12)13-4-2-1-3-5-13/h12-13H,1-8,10-11H2. The van der Waals surface area contributed by atoms with Gasteiger partial charge < -0.3 is 4.90 Å². The van der Waals surface area contributed by atoms with E-state index in [2.05, 4.69) is 11.0 Å². The van der Waals surface area contributed by atoms with Crippen molar-refractivity contribution >= 4 is 0 Å². The van der Waals surface area contributed by atoms with Gasteiger partial charge in [-0.05, 0) is 44.7 Å². The third kappa shape index (κ3) is 2.95. The van der Waals surface area contributed by atoms with Crippen molar-refractivity contribution < 1.29 is 0 Å². The fourth-order valence-electron chi connectivity index (χ4n) is 3.10. The molecule has 1 heterocycles. The van der Waals surface area contributed by atoms with E-state index in [1.807, 2.05) is 0 Å². The molecule has 0 amide bonds. The summed E-state index contributed by atoms with van der Waals surface area (Å²) in [6, 6.07) is 3.19. The van der Waals surface area contributed by atoms with Crippen LogP contribution in [0.25, 0.3) is 0 Å². The quantitative estimate of drug-likeness (QED) is 0.694. The van der Waals surface area contributed by atoms with Crippen molar-refractivity contribution in [2.45, 2.75) is 57.4 Å². The maximum absolute atomic E-state index is 8.67. The van der Waals surface area contributed by atoms with Crippen molar-refractivity contribution in [1.82, 2.24) is 4.90 Å². The Labute approximate surface area is 93.3 Å². The summed E-state index contributed by atoms with van der Waals surface area (Å²) in [6.45, 7) is 2.49. The van der Waals surface area contributed by atoms with Crippen LogP contribution in [0.15, 0.2) is 0 Å². The SMILES string of the molecule is N#CCC1CCN(C2CCCCC2)CC1. The molecule has 0 radical (unpaired) electrons. The lowest BCUT2D eigenvalue weighted by atomic mass is 9.89. The minimum atomic E-state index is 0.690. The fourth-order valence-corrected chi connectivity index (χ4v) is 3.10. The van der Waals surface area contributed by atoms with E-state index < -0.39 is 0 Å². The molecule has 0 aromatic rings. The van der Waals surface area contributed by atoms with E-state index in [9.17, 15) is 0 Å². The van der Waals surface area contributed by atoms with Crippen LogP contribution in [0.1, 0.15) is 51.4 Å². The van der Waals surface area contributed by atoms with Crippen LogP contribution >= 0.6 is 0 Å². The van der Waals surface area contributed by atoms with E-state index in [1.165, 1.54) is 58.0 Å². The highest BCUT2D eigenvalue weighted by Crippen LogP contribution is 2.27. The molecule has 2 rings (SSSR count). The zero-order valence-electron chi connectivity index (χ0n) is 9.62. The monoisotopic (exact) mass is 206 g/mol. The van der Waals surface area contributed by atoms with Gasteiger partial charge in [-0.2, -0.15) is 5.26 Å². The van der Waals surface area contributed by atoms with E-state index in [0.29, 0.717) is 5.92 Å². The predicted octanol–water partition coefficient (Wildman–Crippen LogP) is 2.94. The van der Waals surface area contributed by atoms with Crippen LogP contribution in [0.3, 0.4) is 0 Å². The number of nitriles is 1. The van der Waals surface area contributed by atoms with E-state index in [-0.39, 0.29) is 0 Å². The van der Waals surface area contributed by atoms with Gasteiger partial charge >= 0.3 is 0 Å². The highest BCUT2D eigenvalue weighted by Gasteiger charge is 2.25. The molecule has 0 bridgehead atoms. The number of nitrogens with zero attached hydrogens (tertiary/aromatic N) is 2. The van der Waals surface area contributed by atoms with Crippen molar-refractivity contribution in [3.8, 4) is 6.07 Å². The van der Waals surface area contributed by atoms with E-state index >= 15 is 0 Å². The molecule has 1 saturated carbocycles. The molecule has 1 aliphatic heterocycles. The normalized spacial score (nSPS) is 26.3. The van der Waals surface area contributed by atoms with E-state index in [4.69, 9.17) is 5.26 Å². The van der Waals surface area contributed by atoms with Gasteiger partial charge in [0.1, 0.15) is 0 Å². The summed E-state index contributed by atoms with van der Waals surface area (Å²) in [5.74, 6) is 0.690. The number of hydrogen-bond donors (Lipinski definition) is 0. The molecule has 0 aromatic carbocycles. The van der Waals surface area contributed by atoms with Crippen LogP contribution in [0.2, 0.25) is 0 Å². The average molecular weight is 206 g/mol. The smallest absolute Gasteiger partial charge is 0.0624 e. The van der Waals surface area contributed by atoms with Gasteiger partial charge in [-0.1, -0.05) is 19.3 Å². The molecule has 0 spiro atoms. The Balaban J connectivity index is 1.75. The zero-order valence-corrected chi connectivity index (χ0v) is 9.62. The topological polar surface area (TPSA) is 27.0 Å². The first-order chi connectivity index (χ1) is 7.40. The van der Waals surface area contributed by atoms with Gasteiger partial charge in [-0.3, -0.25) is 0 Å². The molecular formula is C13H22N2. The van der Waals surface area contributed by atoms with E-state index in [0.717, 1.165) is 12.5 Å². The predicted molar refractivity (Wildman–Crippen MR) is 61.4 cm³/mol. The van der Waals surface area contributed by atoms with Gasteiger partial charge in [0, 0.05) is 12.5 Å². The summed E-state index contributed by atoms with van der Waals surface area (Å²) in [5, 5.41) is 8.67. The second-order valence-electron chi connectivity index (χ2n) is 5.13. The Morgan fingerprint density at radius 1 is 1.00 bits per heavy atom. The maximum atomic E-state index is 8.67. The fraction of sp³-hybridized carbons (Fsp3) is 0.923. The average Bonchev–Trinajstić information content (AvgIpc) is 2.32. The Kier molecular flexibility index (Phi) is 4.02. The second-order valence-corrected chi connectivity index (χ2v) is 5.13. The van der Waals surface area contributed by atoms with Crippen LogP contribution in [0.4, 0.5) is 0 Å². The third-order valence-corrected chi connectivity index (χ3v) is 4.12. The lowest BCUT2D eigenvalue weighted by molar-refractivity contribution is 0.108. The molecule has 0 N–H and O–H groups in total. The molecule has 1 saturated heterocycles. The first kappa shape index (κ1) is 11.0. The minimum absolute atomic E-state index is 0.690. The number of hydrogen-bond acceptors (Lipinski definition) is 2. The van der Waals surface area contributed by atoms with E-state index in [1.54, 1.807) is 0 Å². The summed E-state index contributed by atoms with van der Waals surface area (Å²) in [7, 11) is 0. The molecule has 0 atom stereocenters. The molecular weight excluding hydrogens is 184 g/mol. The van der Waals surface area contributed by atoms with Crippen LogP contribution in [-0.2, 0) is 0 Å². The van der Waals surface area contributed by atoms with Crippen molar-refractivity contribution in [2.75, 3.05) is 13.1 Å². The second kappa shape index (κ2) is 5.51. The molecule has 2 aliphatic rings. The first-order valence-electron chi connectivity index (χ1n) is 6.51. The third-order valence-electron chi connectivity index (χ3n) is 4.12. The molecule has 2 fully saturated rings. The molecule has 0 unspecified atom stereocenters. The van der Waals surface area contributed by atoms with Gasteiger partial charge in [0.25, 0.3) is 0 Å². The summed E-state index contributed by atoms with van der Waals surface area (Å²) in [4.78, 5) is 2.69.